The second-order valence-electron chi connectivity index (χ2n) is 7.92. The molecule has 0 aliphatic carbocycles. The van der Waals surface area contributed by atoms with Gasteiger partial charge in [0.1, 0.15) is 0 Å². The highest BCUT2D eigenvalue weighted by Gasteiger charge is 2.29. The summed E-state index contributed by atoms with van der Waals surface area (Å²) in [5.41, 5.74) is 3.79. The predicted octanol–water partition coefficient (Wildman–Crippen LogP) is 4.97. The maximum absolute atomic E-state index is 12.9. The number of carbonyl (C=O) groups excluding carboxylic acids is 1. The Morgan fingerprint density at radius 1 is 0.741 bits per heavy atom. The molecule has 1 amide bonds. The van der Waals surface area contributed by atoms with Crippen molar-refractivity contribution in [1.82, 2.24) is 4.90 Å². The first-order valence-corrected chi connectivity index (χ1v) is 10.5. The number of likely N-dealkylation sites (tertiary alicyclic amines) is 1. The largest absolute Gasteiger partial charge is 0.371 e. The van der Waals surface area contributed by atoms with Gasteiger partial charge in [-0.2, -0.15) is 0 Å². The minimum absolute atomic E-state index is 0.219. The molecular formula is C24H30N2O. The van der Waals surface area contributed by atoms with Crippen LogP contribution < -0.4 is 4.90 Å². The Kier molecular flexibility index (Phi) is 5.76. The van der Waals surface area contributed by atoms with E-state index in [1.807, 2.05) is 0 Å². The van der Waals surface area contributed by atoms with Gasteiger partial charge in [0.25, 0.3) is 0 Å². The zero-order valence-corrected chi connectivity index (χ0v) is 16.1. The minimum Gasteiger partial charge on any atom is -0.371 e. The van der Waals surface area contributed by atoms with E-state index in [4.69, 9.17) is 0 Å². The monoisotopic (exact) mass is 362 g/mol. The lowest BCUT2D eigenvalue weighted by Gasteiger charge is -2.35. The summed E-state index contributed by atoms with van der Waals surface area (Å²) in [5, 5.41) is 0. The van der Waals surface area contributed by atoms with Gasteiger partial charge in [-0.25, -0.2) is 0 Å². The van der Waals surface area contributed by atoms with Crippen molar-refractivity contribution in [2.45, 2.75) is 38.5 Å². The zero-order valence-electron chi connectivity index (χ0n) is 16.1. The summed E-state index contributed by atoms with van der Waals surface area (Å²) in [6, 6.07) is 19.3. The standard InChI is InChI=1S/C24H30N2O/c27-24(26-15-6-1-2-7-16-26)21-13-17-25(18-14-21)23-12-8-11-22(19-23)20-9-4-3-5-10-20/h3-5,8-12,19,21H,1-2,6-7,13-18H2. The third-order valence-corrected chi connectivity index (χ3v) is 6.08. The van der Waals surface area contributed by atoms with Crippen LogP contribution in [0, 0.1) is 5.92 Å². The van der Waals surface area contributed by atoms with E-state index < -0.39 is 0 Å². The predicted molar refractivity (Wildman–Crippen MR) is 112 cm³/mol. The number of piperidine rings is 1. The molecule has 2 aromatic rings. The molecule has 0 aromatic heterocycles. The van der Waals surface area contributed by atoms with Crippen molar-refractivity contribution >= 4 is 11.6 Å². The third-order valence-electron chi connectivity index (χ3n) is 6.08. The van der Waals surface area contributed by atoms with Crippen molar-refractivity contribution < 1.29 is 4.79 Å². The molecule has 142 valence electrons. The minimum atomic E-state index is 0.219. The molecule has 0 bridgehead atoms. The number of hydrogen-bond donors (Lipinski definition) is 0. The molecule has 4 rings (SSSR count). The Balaban J connectivity index is 1.38. The SMILES string of the molecule is O=C(C1CCN(c2cccc(-c3ccccc3)c2)CC1)N1CCCCCC1. The number of hydrogen-bond acceptors (Lipinski definition) is 2. The van der Waals surface area contributed by atoms with Crippen LogP contribution in [-0.4, -0.2) is 37.0 Å². The number of anilines is 1. The molecule has 2 aromatic carbocycles. The van der Waals surface area contributed by atoms with E-state index in [1.165, 1.54) is 42.5 Å². The van der Waals surface area contributed by atoms with E-state index >= 15 is 0 Å². The summed E-state index contributed by atoms with van der Waals surface area (Å²) in [7, 11) is 0. The zero-order chi connectivity index (χ0) is 18.5. The summed E-state index contributed by atoms with van der Waals surface area (Å²) >= 11 is 0. The molecule has 2 saturated heterocycles. The van der Waals surface area contributed by atoms with Gasteiger partial charge in [0.15, 0.2) is 0 Å². The van der Waals surface area contributed by atoms with E-state index in [0.29, 0.717) is 5.91 Å². The van der Waals surface area contributed by atoms with Crippen molar-refractivity contribution in [3.8, 4) is 11.1 Å². The normalized spacial score (nSPS) is 19.0. The number of amides is 1. The Morgan fingerprint density at radius 2 is 1.41 bits per heavy atom. The van der Waals surface area contributed by atoms with Gasteiger partial charge in [-0.05, 0) is 48.9 Å². The maximum atomic E-state index is 12.9. The number of rotatable bonds is 3. The molecule has 27 heavy (non-hydrogen) atoms. The second kappa shape index (κ2) is 8.60. The highest BCUT2D eigenvalue weighted by molar-refractivity contribution is 5.79. The average molecular weight is 363 g/mol. The van der Waals surface area contributed by atoms with Gasteiger partial charge in [-0.1, -0.05) is 55.3 Å². The van der Waals surface area contributed by atoms with Crippen molar-refractivity contribution in [1.29, 1.82) is 0 Å². The summed E-state index contributed by atoms with van der Waals surface area (Å²) in [6.07, 6.45) is 6.86. The molecule has 3 nitrogen and oxygen atoms in total. The van der Waals surface area contributed by atoms with Gasteiger partial charge in [0.2, 0.25) is 5.91 Å². The fourth-order valence-corrected chi connectivity index (χ4v) is 4.45. The van der Waals surface area contributed by atoms with Crippen molar-refractivity contribution in [3.63, 3.8) is 0 Å². The lowest BCUT2D eigenvalue weighted by Crippen LogP contribution is -2.43. The number of benzene rings is 2. The Labute approximate surface area is 163 Å². The second-order valence-corrected chi connectivity index (χ2v) is 7.92. The van der Waals surface area contributed by atoms with Gasteiger partial charge in [-0.15, -0.1) is 0 Å². The molecule has 0 atom stereocenters. The van der Waals surface area contributed by atoms with Crippen LogP contribution >= 0.6 is 0 Å². The van der Waals surface area contributed by atoms with E-state index in [2.05, 4.69) is 64.4 Å². The van der Waals surface area contributed by atoms with Crippen LogP contribution in [0.25, 0.3) is 11.1 Å². The molecule has 0 saturated carbocycles. The van der Waals surface area contributed by atoms with E-state index in [0.717, 1.165) is 39.0 Å². The molecule has 2 fully saturated rings. The first-order valence-electron chi connectivity index (χ1n) is 10.5. The molecular weight excluding hydrogens is 332 g/mol. The van der Waals surface area contributed by atoms with Gasteiger partial charge in [0.05, 0.1) is 0 Å². The molecule has 2 aliphatic rings. The summed E-state index contributed by atoms with van der Waals surface area (Å²) in [6.45, 7) is 3.89. The topological polar surface area (TPSA) is 23.6 Å². The summed E-state index contributed by atoms with van der Waals surface area (Å²) < 4.78 is 0. The molecule has 0 N–H and O–H groups in total. The number of nitrogens with zero attached hydrogens (tertiary/aromatic N) is 2. The van der Waals surface area contributed by atoms with E-state index in [9.17, 15) is 4.79 Å². The quantitative estimate of drug-likeness (QED) is 0.769. The van der Waals surface area contributed by atoms with Crippen molar-refractivity contribution in [3.05, 3.63) is 54.6 Å². The molecule has 2 heterocycles. The maximum Gasteiger partial charge on any atom is 0.225 e. The lowest BCUT2D eigenvalue weighted by atomic mass is 9.94. The Bertz CT molecular complexity index is 742. The van der Waals surface area contributed by atoms with Crippen LogP contribution in [0.5, 0.6) is 0 Å². The average Bonchev–Trinajstić information content (AvgIpc) is 3.04. The van der Waals surface area contributed by atoms with Gasteiger partial charge in [-0.3, -0.25) is 4.79 Å². The summed E-state index contributed by atoms with van der Waals surface area (Å²) in [4.78, 5) is 17.5. The fourth-order valence-electron chi connectivity index (χ4n) is 4.45. The van der Waals surface area contributed by atoms with E-state index in [-0.39, 0.29) is 5.92 Å². The first kappa shape index (κ1) is 18.1. The van der Waals surface area contributed by atoms with Crippen LogP contribution in [0.4, 0.5) is 5.69 Å². The highest BCUT2D eigenvalue weighted by Crippen LogP contribution is 2.29. The first-order chi connectivity index (χ1) is 13.3. The lowest BCUT2D eigenvalue weighted by molar-refractivity contribution is -0.136. The van der Waals surface area contributed by atoms with Crippen LogP contribution in [0.15, 0.2) is 54.6 Å². The highest BCUT2D eigenvalue weighted by atomic mass is 16.2. The molecule has 0 unspecified atom stereocenters. The van der Waals surface area contributed by atoms with E-state index in [1.54, 1.807) is 0 Å². The van der Waals surface area contributed by atoms with Crippen LogP contribution in [-0.2, 0) is 4.79 Å². The Hall–Kier alpha value is -2.29. The van der Waals surface area contributed by atoms with Crippen LogP contribution in [0.3, 0.4) is 0 Å². The van der Waals surface area contributed by atoms with Crippen molar-refractivity contribution in [2.24, 2.45) is 5.92 Å². The molecule has 0 radical (unpaired) electrons. The van der Waals surface area contributed by atoms with Gasteiger partial charge >= 0.3 is 0 Å². The molecule has 0 spiro atoms. The smallest absolute Gasteiger partial charge is 0.225 e. The third kappa shape index (κ3) is 4.35. The fraction of sp³-hybridized carbons (Fsp3) is 0.458. The summed E-state index contributed by atoms with van der Waals surface area (Å²) in [5.74, 6) is 0.631. The van der Waals surface area contributed by atoms with Crippen LogP contribution in [0.2, 0.25) is 0 Å². The molecule has 2 aliphatic heterocycles. The van der Waals surface area contributed by atoms with Gasteiger partial charge < -0.3 is 9.80 Å². The van der Waals surface area contributed by atoms with Crippen LogP contribution in [0.1, 0.15) is 38.5 Å². The van der Waals surface area contributed by atoms with Crippen molar-refractivity contribution in [2.75, 3.05) is 31.1 Å². The molecule has 3 heteroatoms. The van der Waals surface area contributed by atoms with Gasteiger partial charge in [0, 0.05) is 37.8 Å². The Morgan fingerprint density at radius 3 is 2.11 bits per heavy atom. The number of carbonyl (C=O) groups is 1.